The molecule has 4 nitrogen and oxygen atoms in total. The Balaban J connectivity index is 1.92. The minimum absolute atomic E-state index is 0.0166. The second-order valence-electron chi connectivity index (χ2n) is 5.84. The lowest BCUT2D eigenvalue weighted by Crippen LogP contribution is -2.05. The van der Waals surface area contributed by atoms with Gasteiger partial charge in [0.25, 0.3) is 0 Å². The Morgan fingerprint density at radius 2 is 1.96 bits per heavy atom. The molecule has 3 aromatic carbocycles. The Labute approximate surface area is 143 Å². The Bertz CT molecular complexity index is 1130. The second kappa shape index (κ2) is 5.63. The fourth-order valence-electron chi connectivity index (χ4n) is 3.11. The van der Waals surface area contributed by atoms with E-state index in [1.165, 1.54) is 12.1 Å². The number of anilines is 1. The van der Waals surface area contributed by atoms with Crippen LogP contribution in [-0.2, 0) is 0 Å². The first kappa shape index (κ1) is 15.2. The van der Waals surface area contributed by atoms with Crippen molar-refractivity contribution in [1.29, 1.82) is 0 Å². The lowest BCUT2D eigenvalue weighted by molar-refractivity contribution is 0.103. The number of aromatic nitrogens is 1. The van der Waals surface area contributed by atoms with Crippen molar-refractivity contribution in [1.82, 2.24) is 4.98 Å². The third-order valence-corrected chi connectivity index (χ3v) is 4.31. The van der Waals surface area contributed by atoms with Crippen molar-refractivity contribution in [3.8, 4) is 5.75 Å². The highest BCUT2D eigenvalue weighted by molar-refractivity contribution is 6.15. The van der Waals surface area contributed by atoms with Gasteiger partial charge in [-0.05, 0) is 41.8 Å². The van der Waals surface area contributed by atoms with Crippen LogP contribution in [0.15, 0.2) is 54.6 Å². The van der Waals surface area contributed by atoms with Crippen LogP contribution in [0.4, 0.5) is 10.1 Å². The summed E-state index contributed by atoms with van der Waals surface area (Å²) in [5.74, 6) is -0.331. The van der Waals surface area contributed by atoms with Crippen LogP contribution < -0.4 is 10.5 Å². The Kier molecular flexibility index (Phi) is 3.42. The maximum Gasteiger partial charge on any atom is 0.212 e. The molecule has 0 unspecified atom stereocenters. The van der Waals surface area contributed by atoms with Crippen LogP contribution in [0.1, 0.15) is 16.1 Å². The van der Waals surface area contributed by atoms with Gasteiger partial charge in [-0.1, -0.05) is 18.2 Å². The maximum absolute atomic E-state index is 14.1. The van der Waals surface area contributed by atoms with Crippen LogP contribution in [0.3, 0.4) is 0 Å². The predicted molar refractivity (Wildman–Crippen MR) is 96.6 cm³/mol. The van der Waals surface area contributed by atoms with E-state index < -0.39 is 11.6 Å². The number of nitrogen functional groups attached to an aromatic ring is 1. The molecule has 0 aliphatic heterocycles. The summed E-state index contributed by atoms with van der Waals surface area (Å²) in [6, 6.07) is 15.4. The lowest BCUT2D eigenvalue weighted by atomic mass is 10.0. The molecule has 0 bridgehead atoms. The number of carbonyl (C=O) groups excluding carboxylic acids is 1. The minimum Gasteiger partial charge on any atom is -0.496 e. The fourth-order valence-corrected chi connectivity index (χ4v) is 3.11. The molecule has 0 radical (unpaired) electrons. The van der Waals surface area contributed by atoms with Gasteiger partial charge in [-0.2, -0.15) is 0 Å². The molecule has 4 aromatic rings. The topological polar surface area (TPSA) is 68.1 Å². The highest BCUT2D eigenvalue weighted by Crippen LogP contribution is 2.33. The number of methoxy groups -OCH3 is 1. The van der Waals surface area contributed by atoms with Crippen LogP contribution >= 0.6 is 0 Å². The zero-order valence-electron chi connectivity index (χ0n) is 13.5. The molecule has 5 heteroatoms. The number of benzene rings is 3. The van der Waals surface area contributed by atoms with E-state index in [0.29, 0.717) is 5.69 Å². The molecule has 3 N–H and O–H groups in total. The number of rotatable bonds is 3. The van der Waals surface area contributed by atoms with Gasteiger partial charge >= 0.3 is 0 Å². The number of halogens is 1. The predicted octanol–water partition coefficient (Wildman–Crippen LogP) is 4.28. The Morgan fingerprint density at radius 1 is 1.12 bits per heavy atom. The number of aromatic amines is 1. The molecule has 124 valence electrons. The van der Waals surface area contributed by atoms with E-state index in [1.54, 1.807) is 13.2 Å². The van der Waals surface area contributed by atoms with Crippen LogP contribution in [0.2, 0.25) is 0 Å². The van der Waals surface area contributed by atoms with Crippen molar-refractivity contribution < 1.29 is 13.9 Å². The number of carbonyl (C=O) groups is 1. The highest BCUT2D eigenvalue weighted by Gasteiger charge is 2.18. The van der Waals surface area contributed by atoms with Gasteiger partial charge in [0.1, 0.15) is 11.6 Å². The molecule has 1 aromatic heterocycles. The molecular weight excluding hydrogens is 319 g/mol. The molecule has 0 aliphatic carbocycles. The molecule has 0 spiro atoms. The summed E-state index contributed by atoms with van der Waals surface area (Å²) < 4.78 is 19.5. The average molecular weight is 334 g/mol. The molecule has 25 heavy (non-hydrogen) atoms. The first-order valence-corrected chi connectivity index (χ1v) is 7.76. The molecule has 0 amide bonds. The number of hydrogen-bond donors (Lipinski definition) is 2. The smallest absolute Gasteiger partial charge is 0.212 e. The standard InChI is InChI=1S/C20H15FN2O2/c1-25-18-4-2-3-11-5-8-16-14(19(11)18)10-17(23-16)20(24)13-7-6-12(22)9-15(13)21/h2-10,23H,22H2,1H3. The van der Waals surface area contributed by atoms with Gasteiger partial charge in [0.15, 0.2) is 0 Å². The normalized spacial score (nSPS) is 11.1. The number of ether oxygens (including phenoxy) is 1. The highest BCUT2D eigenvalue weighted by atomic mass is 19.1. The fraction of sp³-hybridized carbons (Fsp3) is 0.0500. The third kappa shape index (κ3) is 2.41. The molecule has 0 fully saturated rings. The van der Waals surface area contributed by atoms with E-state index >= 15 is 0 Å². The number of nitrogens with two attached hydrogens (primary N) is 1. The van der Waals surface area contributed by atoms with Gasteiger partial charge in [0, 0.05) is 22.0 Å². The van der Waals surface area contributed by atoms with Gasteiger partial charge < -0.3 is 15.5 Å². The van der Waals surface area contributed by atoms with Gasteiger partial charge in [0.05, 0.1) is 18.4 Å². The first-order valence-electron chi connectivity index (χ1n) is 7.76. The van der Waals surface area contributed by atoms with Gasteiger partial charge in [-0.3, -0.25) is 4.79 Å². The number of H-pyrrole nitrogens is 1. The van der Waals surface area contributed by atoms with Crippen molar-refractivity contribution in [3.05, 3.63) is 71.7 Å². The van der Waals surface area contributed by atoms with E-state index in [2.05, 4.69) is 4.98 Å². The van der Waals surface area contributed by atoms with Gasteiger partial charge in [-0.15, -0.1) is 0 Å². The summed E-state index contributed by atoms with van der Waals surface area (Å²) in [5, 5.41) is 2.77. The quantitative estimate of drug-likeness (QED) is 0.434. The van der Waals surface area contributed by atoms with Crippen LogP contribution in [0.25, 0.3) is 21.7 Å². The van der Waals surface area contributed by atoms with Crippen molar-refractivity contribution in [2.75, 3.05) is 12.8 Å². The van der Waals surface area contributed by atoms with Crippen molar-refractivity contribution in [2.24, 2.45) is 0 Å². The summed E-state index contributed by atoms with van der Waals surface area (Å²) in [5.41, 5.74) is 6.92. The van der Waals surface area contributed by atoms with E-state index in [0.717, 1.165) is 33.5 Å². The molecule has 0 saturated heterocycles. The number of hydrogen-bond acceptors (Lipinski definition) is 3. The van der Waals surface area contributed by atoms with E-state index in [1.807, 2.05) is 30.3 Å². The number of ketones is 1. The summed E-state index contributed by atoms with van der Waals surface area (Å²) in [6.07, 6.45) is 0. The minimum atomic E-state index is -0.633. The van der Waals surface area contributed by atoms with Crippen LogP contribution in [-0.4, -0.2) is 17.9 Å². The van der Waals surface area contributed by atoms with Gasteiger partial charge in [0.2, 0.25) is 5.78 Å². The number of fused-ring (bicyclic) bond motifs is 3. The van der Waals surface area contributed by atoms with Crippen LogP contribution in [0, 0.1) is 5.82 Å². The summed E-state index contributed by atoms with van der Waals surface area (Å²) in [6.45, 7) is 0. The molecular formula is C20H15FN2O2. The third-order valence-electron chi connectivity index (χ3n) is 4.31. The molecule has 4 rings (SSSR count). The average Bonchev–Trinajstić information content (AvgIpc) is 3.05. The van der Waals surface area contributed by atoms with Crippen LogP contribution in [0.5, 0.6) is 5.75 Å². The zero-order valence-corrected chi connectivity index (χ0v) is 13.5. The number of nitrogens with one attached hydrogen (secondary N) is 1. The largest absolute Gasteiger partial charge is 0.496 e. The SMILES string of the molecule is COc1cccc2ccc3[nH]c(C(=O)c4ccc(N)cc4F)cc3c12. The molecule has 0 saturated carbocycles. The molecule has 1 heterocycles. The monoisotopic (exact) mass is 334 g/mol. The Morgan fingerprint density at radius 3 is 2.72 bits per heavy atom. The summed E-state index contributed by atoms with van der Waals surface area (Å²) in [7, 11) is 1.61. The Hall–Kier alpha value is -3.34. The summed E-state index contributed by atoms with van der Waals surface area (Å²) in [4.78, 5) is 15.8. The first-order chi connectivity index (χ1) is 12.1. The van der Waals surface area contributed by atoms with E-state index in [4.69, 9.17) is 10.5 Å². The molecule has 0 atom stereocenters. The van der Waals surface area contributed by atoms with Gasteiger partial charge in [-0.25, -0.2) is 4.39 Å². The second-order valence-corrected chi connectivity index (χ2v) is 5.84. The van der Waals surface area contributed by atoms with Crippen molar-refractivity contribution >= 4 is 33.1 Å². The lowest BCUT2D eigenvalue weighted by Gasteiger charge is -2.06. The summed E-state index contributed by atoms with van der Waals surface area (Å²) >= 11 is 0. The molecule has 0 aliphatic rings. The maximum atomic E-state index is 14.1. The van der Waals surface area contributed by atoms with E-state index in [9.17, 15) is 9.18 Å². The van der Waals surface area contributed by atoms with E-state index in [-0.39, 0.29) is 11.3 Å². The van der Waals surface area contributed by atoms with Crippen molar-refractivity contribution in [2.45, 2.75) is 0 Å². The zero-order chi connectivity index (χ0) is 17.6. The van der Waals surface area contributed by atoms with Crippen molar-refractivity contribution in [3.63, 3.8) is 0 Å².